The normalized spacial score (nSPS) is 10.8. The highest BCUT2D eigenvalue weighted by molar-refractivity contribution is 5.61. The van der Waals surface area contributed by atoms with Crippen molar-refractivity contribution in [1.82, 2.24) is 20.3 Å². The zero-order valence-corrected chi connectivity index (χ0v) is 9.91. The van der Waals surface area contributed by atoms with Crippen LogP contribution < -0.4 is 0 Å². The van der Waals surface area contributed by atoms with Crippen molar-refractivity contribution in [1.29, 1.82) is 0 Å². The molecular weight excluding hydrogens is 232 g/mol. The molecule has 0 saturated carbocycles. The standard InChI is InChI=1S/C12H10N4O2/c1-7-13-12(18-15-7)10-5-3-9(4-6-10)11-14-8(2)17-16-11/h3-6H,1-2H3. The number of aromatic nitrogens is 4. The van der Waals surface area contributed by atoms with Crippen molar-refractivity contribution in [2.75, 3.05) is 0 Å². The van der Waals surface area contributed by atoms with Crippen LogP contribution in [0.1, 0.15) is 11.7 Å². The van der Waals surface area contributed by atoms with Crippen LogP contribution in [0.2, 0.25) is 0 Å². The Bertz CT molecular complexity index is 610. The average Bonchev–Trinajstić information content (AvgIpc) is 2.98. The van der Waals surface area contributed by atoms with E-state index in [1.54, 1.807) is 13.8 Å². The maximum Gasteiger partial charge on any atom is 0.257 e. The first-order chi connectivity index (χ1) is 8.72. The van der Waals surface area contributed by atoms with Crippen LogP contribution in [0.4, 0.5) is 0 Å². The van der Waals surface area contributed by atoms with Gasteiger partial charge in [0, 0.05) is 18.1 Å². The summed E-state index contributed by atoms with van der Waals surface area (Å²) in [4.78, 5) is 8.32. The van der Waals surface area contributed by atoms with Gasteiger partial charge < -0.3 is 9.05 Å². The number of hydrogen-bond donors (Lipinski definition) is 0. The van der Waals surface area contributed by atoms with Crippen molar-refractivity contribution in [2.24, 2.45) is 0 Å². The second-order valence-corrected chi connectivity index (χ2v) is 3.86. The molecule has 18 heavy (non-hydrogen) atoms. The molecule has 0 aliphatic carbocycles. The van der Waals surface area contributed by atoms with Gasteiger partial charge in [0.05, 0.1) is 0 Å². The molecule has 6 nitrogen and oxygen atoms in total. The molecule has 0 radical (unpaired) electrons. The van der Waals surface area contributed by atoms with E-state index >= 15 is 0 Å². The van der Waals surface area contributed by atoms with E-state index in [2.05, 4.69) is 20.3 Å². The minimum atomic E-state index is 0.503. The Balaban J connectivity index is 1.94. The van der Waals surface area contributed by atoms with E-state index in [1.807, 2.05) is 24.3 Å². The van der Waals surface area contributed by atoms with Gasteiger partial charge in [0.1, 0.15) is 0 Å². The lowest BCUT2D eigenvalue weighted by atomic mass is 10.1. The summed E-state index contributed by atoms with van der Waals surface area (Å²) in [7, 11) is 0. The van der Waals surface area contributed by atoms with E-state index < -0.39 is 0 Å². The Morgan fingerprint density at radius 1 is 0.833 bits per heavy atom. The second kappa shape index (κ2) is 4.06. The number of benzene rings is 1. The lowest BCUT2D eigenvalue weighted by Gasteiger charge is -1.96. The largest absolute Gasteiger partial charge is 0.339 e. The molecule has 3 rings (SSSR count). The molecule has 2 aromatic heterocycles. The fourth-order valence-corrected chi connectivity index (χ4v) is 1.59. The third-order valence-corrected chi connectivity index (χ3v) is 2.45. The van der Waals surface area contributed by atoms with Gasteiger partial charge in [0.2, 0.25) is 11.7 Å². The molecule has 0 unspecified atom stereocenters. The van der Waals surface area contributed by atoms with Crippen LogP contribution in [0.5, 0.6) is 0 Å². The van der Waals surface area contributed by atoms with Crippen molar-refractivity contribution in [3.05, 3.63) is 36.0 Å². The molecule has 0 aliphatic rings. The maximum atomic E-state index is 5.09. The first-order valence-electron chi connectivity index (χ1n) is 5.44. The van der Waals surface area contributed by atoms with Crippen LogP contribution in [0.15, 0.2) is 33.3 Å². The van der Waals surface area contributed by atoms with Crippen LogP contribution in [0, 0.1) is 13.8 Å². The Morgan fingerprint density at radius 2 is 1.56 bits per heavy atom. The number of nitrogens with zero attached hydrogens (tertiary/aromatic N) is 4. The summed E-state index contributed by atoms with van der Waals surface area (Å²) in [6.45, 7) is 3.54. The highest BCUT2D eigenvalue weighted by Gasteiger charge is 2.08. The smallest absolute Gasteiger partial charge is 0.257 e. The van der Waals surface area contributed by atoms with Crippen LogP contribution in [0.25, 0.3) is 22.8 Å². The van der Waals surface area contributed by atoms with Crippen LogP contribution in [-0.4, -0.2) is 20.3 Å². The van der Waals surface area contributed by atoms with E-state index in [1.165, 1.54) is 0 Å². The Labute approximate surface area is 103 Å². The van der Waals surface area contributed by atoms with E-state index in [4.69, 9.17) is 9.05 Å². The molecule has 6 heteroatoms. The average molecular weight is 242 g/mol. The quantitative estimate of drug-likeness (QED) is 0.686. The molecule has 0 N–H and O–H groups in total. The van der Waals surface area contributed by atoms with E-state index in [0.29, 0.717) is 23.4 Å². The summed E-state index contributed by atoms with van der Waals surface area (Å²) in [5, 5.41) is 7.61. The number of aryl methyl sites for hydroxylation is 2. The van der Waals surface area contributed by atoms with Crippen molar-refractivity contribution >= 4 is 0 Å². The highest BCUT2D eigenvalue weighted by Crippen LogP contribution is 2.21. The number of hydrogen-bond acceptors (Lipinski definition) is 6. The molecule has 2 heterocycles. The van der Waals surface area contributed by atoms with Crippen molar-refractivity contribution in [3.63, 3.8) is 0 Å². The SMILES string of the molecule is Cc1noc(-c2ccc(-c3noc(C)n3)cc2)n1. The summed E-state index contributed by atoms with van der Waals surface area (Å²) < 4.78 is 10.0. The van der Waals surface area contributed by atoms with Crippen LogP contribution in [-0.2, 0) is 0 Å². The van der Waals surface area contributed by atoms with Gasteiger partial charge in [-0.3, -0.25) is 0 Å². The third kappa shape index (κ3) is 1.88. The first-order valence-corrected chi connectivity index (χ1v) is 5.44. The summed E-state index contributed by atoms with van der Waals surface area (Å²) in [6, 6.07) is 7.54. The summed E-state index contributed by atoms with van der Waals surface area (Å²) >= 11 is 0. The molecule has 0 spiro atoms. The van der Waals surface area contributed by atoms with Gasteiger partial charge in [-0.15, -0.1) is 0 Å². The Kier molecular flexibility index (Phi) is 2.40. The van der Waals surface area contributed by atoms with Crippen molar-refractivity contribution in [2.45, 2.75) is 13.8 Å². The molecule has 0 aliphatic heterocycles. The predicted octanol–water partition coefficient (Wildman–Crippen LogP) is 2.40. The van der Waals surface area contributed by atoms with Gasteiger partial charge in [-0.2, -0.15) is 9.97 Å². The van der Waals surface area contributed by atoms with E-state index in [0.717, 1.165) is 11.1 Å². The molecule has 0 saturated heterocycles. The Hall–Kier alpha value is -2.50. The van der Waals surface area contributed by atoms with Gasteiger partial charge in [0.25, 0.3) is 5.89 Å². The van der Waals surface area contributed by atoms with Gasteiger partial charge in [-0.05, 0) is 19.1 Å². The predicted molar refractivity (Wildman–Crippen MR) is 62.5 cm³/mol. The van der Waals surface area contributed by atoms with Gasteiger partial charge in [-0.1, -0.05) is 22.4 Å². The topological polar surface area (TPSA) is 77.8 Å². The highest BCUT2D eigenvalue weighted by atomic mass is 16.5. The molecule has 0 bridgehead atoms. The summed E-state index contributed by atoms with van der Waals surface area (Å²) in [5.74, 6) is 2.23. The van der Waals surface area contributed by atoms with Gasteiger partial charge >= 0.3 is 0 Å². The van der Waals surface area contributed by atoms with Crippen LogP contribution in [0.3, 0.4) is 0 Å². The lowest BCUT2D eigenvalue weighted by molar-refractivity contribution is 0.394. The molecule has 0 amide bonds. The molecule has 1 aromatic carbocycles. The molecule has 90 valence electrons. The maximum absolute atomic E-state index is 5.09. The molecule has 3 aromatic rings. The molecule has 0 fully saturated rings. The fraction of sp³-hybridized carbons (Fsp3) is 0.167. The van der Waals surface area contributed by atoms with E-state index in [9.17, 15) is 0 Å². The zero-order valence-electron chi connectivity index (χ0n) is 9.91. The minimum Gasteiger partial charge on any atom is -0.339 e. The molecule has 0 atom stereocenters. The van der Waals surface area contributed by atoms with E-state index in [-0.39, 0.29) is 0 Å². The monoisotopic (exact) mass is 242 g/mol. The van der Waals surface area contributed by atoms with Gasteiger partial charge in [-0.25, -0.2) is 0 Å². The summed E-state index contributed by atoms with van der Waals surface area (Å²) in [5.41, 5.74) is 1.74. The van der Waals surface area contributed by atoms with Crippen LogP contribution >= 0.6 is 0 Å². The molecular formula is C12H10N4O2. The third-order valence-electron chi connectivity index (χ3n) is 2.45. The fourth-order valence-electron chi connectivity index (χ4n) is 1.59. The minimum absolute atomic E-state index is 0.503. The summed E-state index contributed by atoms with van der Waals surface area (Å²) in [6.07, 6.45) is 0. The van der Waals surface area contributed by atoms with Crippen molar-refractivity contribution < 1.29 is 9.05 Å². The lowest BCUT2D eigenvalue weighted by Crippen LogP contribution is -1.82. The Morgan fingerprint density at radius 3 is 2.11 bits per heavy atom. The number of rotatable bonds is 2. The van der Waals surface area contributed by atoms with Crippen molar-refractivity contribution in [3.8, 4) is 22.8 Å². The second-order valence-electron chi connectivity index (χ2n) is 3.86. The first kappa shape index (κ1) is 10.6. The zero-order chi connectivity index (χ0) is 12.5. The van der Waals surface area contributed by atoms with Gasteiger partial charge in [0.15, 0.2) is 5.82 Å².